The lowest BCUT2D eigenvalue weighted by atomic mass is 10.1. The van der Waals surface area contributed by atoms with Crippen LogP contribution in [0.5, 0.6) is 0 Å². The third-order valence-corrected chi connectivity index (χ3v) is 6.33. The standard InChI is InChI=1S/C23H21N5O2S/c1-14-6-5-8-17(10-14)28-21-18(12-24-28)22(30)26-23(25-21)31-13-20(29)27-15(2)11-16-7-3-4-9-19(16)27/h3-10,12,15H,11,13H2,1-2H3,(H,25,26,30)/t15-/m0/s1. The van der Waals surface area contributed by atoms with E-state index in [2.05, 4.69) is 28.1 Å². The SMILES string of the molecule is Cc1cccc(-n2ncc3c(=O)[nH]c(SCC(=O)N4c5ccccc5C[C@@H]4C)nc32)c1. The van der Waals surface area contributed by atoms with Crippen LogP contribution in [0.2, 0.25) is 0 Å². The zero-order chi connectivity index (χ0) is 21.5. The number of carbonyl (C=O) groups is 1. The van der Waals surface area contributed by atoms with Gasteiger partial charge in [-0.1, -0.05) is 42.1 Å². The van der Waals surface area contributed by atoms with E-state index in [4.69, 9.17) is 0 Å². The second-order valence-electron chi connectivity index (χ2n) is 7.74. The Hall–Kier alpha value is -3.39. The molecule has 0 fully saturated rings. The maximum absolute atomic E-state index is 13.0. The second-order valence-corrected chi connectivity index (χ2v) is 8.70. The number of H-pyrrole nitrogens is 1. The highest BCUT2D eigenvalue weighted by atomic mass is 32.2. The Balaban J connectivity index is 1.42. The molecule has 0 saturated carbocycles. The molecule has 0 spiro atoms. The highest BCUT2D eigenvalue weighted by Gasteiger charge is 2.30. The van der Waals surface area contributed by atoms with Gasteiger partial charge in [-0.15, -0.1) is 0 Å². The van der Waals surface area contributed by atoms with Crippen molar-refractivity contribution in [2.75, 3.05) is 10.7 Å². The molecule has 0 radical (unpaired) electrons. The summed E-state index contributed by atoms with van der Waals surface area (Å²) in [6.07, 6.45) is 2.37. The summed E-state index contributed by atoms with van der Waals surface area (Å²) in [5.74, 6) is 0.184. The van der Waals surface area contributed by atoms with Gasteiger partial charge in [-0.3, -0.25) is 9.59 Å². The van der Waals surface area contributed by atoms with Crippen molar-refractivity contribution in [2.24, 2.45) is 0 Å². The smallest absolute Gasteiger partial charge is 0.262 e. The van der Waals surface area contributed by atoms with Crippen molar-refractivity contribution in [2.45, 2.75) is 31.5 Å². The van der Waals surface area contributed by atoms with Crippen molar-refractivity contribution < 1.29 is 4.79 Å². The maximum atomic E-state index is 13.0. The second kappa shape index (κ2) is 7.70. The Morgan fingerprint density at radius 2 is 2.06 bits per heavy atom. The summed E-state index contributed by atoms with van der Waals surface area (Å²) in [5.41, 5.74) is 4.29. The summed E-state index contributed by atoms with van der Waals surface area (Å²) in [6.45, 7) is 4.05. The van der Waals surface area contributed by atoms with E-state index in [1.165, 1.54) is 23.5 Å². The van der Waals surface area contributed by atoms with E-state index >= 15 is 0 Å². The molecule has 0 unspecified atom stereocenters. The number of benzene rings is 2. The average molecular weight is 432 g/mol. The summed E-state index contributed by atoms with van der Waals surface area (Å²) >= 11 is 1.23. The molecule has 0 aliphatic carbocycles. The number of hydrogen-bond donors (Lipinski definition) is 1. The Bertz CT molecular complexity index is 1360. The van der Waals surface area contributed by atoms with Gasteiger partial charge in [0.1, 0.15) is 5.39 Å². The minimum atomic E-state index is -0.265. The molecule has 0 bridgehead atoms. The van der Waals surface area contributed by atoms with Crippen molar-refractivity contribution in [1.29, 1.82) is 0 Å². The van der Waals surface area contributed by atoms with E-state index in [0.29, 0.717) is 16.2 Å². The molecule has 156 valence electrons. The Morgan fingerprint density at radius 1 is 1.23 bits per heavy atom. The fraction of sp³-hybridized carbons (Fsp3) is 0.217. The molecule has 0 saturated heterocycles. The van der Waals surface area contributed by atoms with Crippen molar-refractivity contribution in [1.82, 2.24) is 19.7 Å². The van der Waals surface area contributed by atoms with Crippen molar-refractivity contribution in [3.63, 3.8) is 0 Å². The highest BCUT2D eigenvalue weighted by Crippen LogP contribution is 2.32. The number of hydrogen-bond acceptors (Lipinski definition) is 5. The fourth-order valence-electron chi connectivity index (χ4n) is 4.06. The number of anilines is 1. The van der Waals surface area contributed by atoms with Crippen LogP contribution in [-0.2, 0) is 11.2 Å². The first kappa shape index (κ1) is 19.6. The third kappa shape index (κ3) is 3.53. The van der Waals surface area contributed by atoms with Gasteiger partial charge in [-0.05, 0) is 49.6 Å². The van der Waals surface area contributed by atoms with Crippen LogP contribution in [0, 0.1) is 6.92 Å². The average Bonchev–Trinajstić information content (AvgIpc) is 3.32. The summed E-state index contributed by atoms with van der Waals surface area (Å²) in [5, 5.41) is 5.17. The Labute approximate surface area is 183 Å². The summed E-state index contributed by atoms with van der Waals surface area (Å²) in [4.78, 5) is 34.8. The Morgan fingerprint density at radius 3 is 2.90 bits per heavy atom. The highest BCUT2D eigenvalue weighted by molar-refractivity contribution is 7.99. The molecule has 1 aliphatic rings. The normalized spacial score (nSPS) is 15.4. The quantitative estimate of drug-likeness (QED) is 0.395. The number of amides is 1. The third-order valence-electron chi connectivity index (χ3n) is 5.47. The van der Waals surface area contributed by atoms with E-state index in [1.807, 2.05) is 54.3 Å². The van der Waals surface area contributed by atoms with Gasteiger partial charge in [0, 0.05) is 11.7 Å². The van der Waals surface area contributed by atoms with Gasteiger partial charge in [0.2, 0.25) is 5.91 Å². The van der Waals surface area contributed by atoms with Crippen molar-refractivity contribution in [3.05, 3.63) is 76.2 Å². The lowest BCUT2D eigenvalue weighted by Gasteiger charge is -2.22. The lowest BCUT2D eigenvalue weighted by molar-refractivity contribution is -0.116. The number of nitrogens with zero attached hydrogens (tertiary/aromatic N) is 4. The number of rotatable bonds is 4. The summed E-state index contributed by atoms with van der Waals surface area (Å²) in [7, 11) is 0. The predicted octanol–water partition coefficient (Wildman–Crippen LogP) is 3.49. The molecule has 3 heterocycles. The van der Waals surface area contributed by atoms with Gasteiger partial charge in [0.15, 0.2) is 10.8 Å². The number of aryl methyl sites for hydroxylation is 1. The number of para-hydroxylation sites is 1. The zero-order valence-electron chi connectivity index (χ0n) is 17.2. The van der Waals surface area contributed by atoms with Crippen LogP contribution in [0.4, 0.5) is 5.69 Å². The van der Waals surface area contributed by atoms with Crippen LogP contribution in [0.3, 0.4) is 0 Å². The molecule has 2 aromatic heterocycles. The van der Waals surface area contributed by atoms with Crippen LogP contribution in [-0.4, -0.2) is 37.5 Å². The number of carbonyl (C=O) groups excluding carboxylic acids is 1. The number of thioether (sulfide) groups is 1. The maximum Gasteiger partial charge on any atom is 0.262 e. The number of nitrogens with one attached hydrogen (secondary N) is 1. The molecule has 2 aromatic carbocycles. The topological polar surface area (TPSA) is 83.9 Å². The summed E-state index contributed by atoms with van der Waals surface area (Å²) in [6, 6.07) is 15.9. The minimum absolute atomic E-state index is 0.00242. The molecule has 4 aromatic rings. The molecule has 5 rings (SSSR count). The van der Waals surface area contributed by atoms with E-state index < -0.39 is 0 Å². The zero-order valence-corrected chi connectivity index (χ0v) is 18.0. The fourth-order valence-corrected chi connectivity index (χ4v) is 4.78. The van der Waals surface area contributed by atoms with E-state index in [0.717, 1.165) is 23.4 Å². The minimum Gasteiger partial charge on any atom is -0.308 e. The molecular formula is C23H21N5O2S. The van der Waals surface area contributed by atoms with Crippen LogP contribution in [0.1, 0.15) is 18.1 Å². The number of aromatic amines is 1. The summed E-state index contributed by atoms with van der Waals surface area (Å²) < 4.78 is 1.66. The predicted molar refractivity (Wildman–Crippen MR) is 122 cm³/mol. The number of aromatic nitrogens is 4. The molecular weight excluding hydrogens is 410 g/mol. The van der Waals surface area contributed by atoms with E-state index in [-0.39, 0.29) is 23.3 Å². The Kier molecular flexibility index (Phi) is 4.86. The first-order valence-corrected chi connectivity index (χ1v) is 11.1. The van der Waals surface area contributed by atoms with Crippen LogP contribution < -0.4 is 10.5 Å². The molecule has 1 N–H and O–H groups in total. The van der Waals surface area contributed by atoms with Gasteiger partial charge >= 0.3 is 0 Å². The van der Waals surface area contributed by atoms with E-state index in [9.17, 15) is 9.59 Å². The molecule has 1 atom stereocenters. The van der Waals surface area contributed by atoms with Gasteiger partial charge in [-0.2, -0.15) is 5.10 Å². The first-order chi connectivity index (χ1) is 15.0. The first-order valence-electron chi connectivity index (χ1n) is 10.1. The van der Waals surface area contributed by atoms with Crippen molar-refractivity contribution >= 4 is 34.4 Å². The molecule has 8 heteroatoms. The molecule has 31 heavy (non-hydrogen) atoms. The molecule has 7 nitrogen and oxygen atoms in total. The number of fused-ring (bicyclic) bond motifs is 2. The van der Waals surface area contributed by atoms with Crippen molar-refractivity contribution in [3.8, 4) is 5.69 Å². The van der Waals surface area contributed by atoms with Gasteiger partial charge < -0.3 is 9.88 Å². The largest absolute Gasteiger partial charge is 0.308 e. The van der Waals surface area contributed by atoms with Crippen LogP contribution >= 0.6 is 11.8 Å². The van der Waals surface area contributed by atoms with Crippen LogP contribution in [0.25, 0.3) is 16.7 Å². The molecule has 1 amide bonds. The lowest BCUT2D eigenvalue weighted by Crippen LogP contribution is -2.37. The van der Waals surface area contributed by atoms with Gasteiger partial charge in [0.05, 0.1) is 17.6 Å². The van der Waals surface area contributed by atoms with Gasteiger partial charge in [0.25, 0.3) is 5.56 Å². The molecule has 1 aliphatic heterocycles. The van der Waals surface area contributed by atoms with Gasteiger partial charge in [-0.25, -0.2) is 9.67 Å². The monoisotopic (exact) mass is 431 g/mol. The van der Waals surface area contributed by atoms with Crippen LogP contribution in [0.15, 0.2) is 64.7 Å². The van der Waals surface area contributed by atoms with E-state index in [1.54, 1.807) is 4.68 Å².